The van der Waals surface area contributed by atoms with Gasteiger partial charge in [0, 0.05) is 23.7 Å². The number of likely N-dealkylation sites (tertiary alicyclic amines) is 1. The first-order valence-corrected chi connectivity index (χ1v) is 13.9. The second-order valence-corrected chi connectivity index (χ2v) is 10.8. The molecule has 4 aromatic rings. The van der Waals surface area contributed by atoms with Crippen molar-refractivity contribution in [2.24, 2.45) is 0 Å². The zero-order valence-electron chi connectivity index (χ0n) is 23.8. The molecule has 0 saturated carbocycles. The first-order valence-electron chi connectivity index (χ1n) is 13.9. The van der Waals surface area contributed by atoms with Gasteiger partial charge in [0.2, 0.25) is 0 Å². The first-order chi connectivity index (χ1) is 20.2. The van der Waals surface area contributed by atoms with E-state index in [4.69, 9.17) is 15.6 Å². The second-order valence-electron chi connectivity index (χ2n) is 10.8. The lowest BCUT2D eigenvalue weighted by molar-refractivity contribution is -0.127. The van der Waals surface area contributed by atoms with Crippen LogP contribution in [-0.4, -0.2) is 55.2 Å². The van der Waals surface area contributed by atoms with Gasteiger partial charge in [-0.3, -0.25) is 4.79 Å². The van der Waals surface area contributed by atoms with Crippen LogP contribution in [0.15, 0.2) is 66.5 Å². The SMILES string of the molecule is CCNC(C)(C)/C=C(/C#N)C(=O)N1CCC[C@H]1Cn1nc(-c2ccc(Oc3ccccc3)cc2F)c2c(N)ncnc21. The molecule has 1 amide bonds. The summed E-state index contributed by atoms with van der Waals surface area (Å²) in [5, 5.41) is 18.2. The van der Waals surface area contributed by atoms with E-state index < -0.39 is 11.4 Å². The molecule has 0 bridgehead atoms. The van der Waals surface area contributed by atoms with Crippen LogP contribution in [0, 0.1) is 17.1 Å². The molecule has 0 radical (unpaired) electrons. The minimum atomic E-state index is -0.539. The Morgan fingerprint density at radius 1 is 1.24 bits per heavy atom. The summed E-state index contributed by atoms with van der Waals surface area (Å²) in [6.45, 7) is 7.33. The number of hydrogen-bond donors (Lipinski definition) is 2. The number of amides is 1. The van der Waals surface area contributed by atoms with Gasteiger partial charge in [0.05, 0.1) is 18.0 Å². The molecule has 0 unspecified atom stereocenters. The van der Waals surface area contributed by atoms with Crippen LogP contribution in [0.3, 0.4) is 0 Å². The Morgan fingerprint density at radius 2 is 2.02 bits per heavy atom. The minimum Gasteiger partial charge on any atom is -0.457 e. The smallest absolute Gasteiger partial charge is 0.264 e. The zero-order chi connectivity index (χ0) is 29.9. The third-order valence-electron chi connectivity index (χ3n) is 7.24. The number of fused-ring (bicyclic) bond motifs is 1. The Kier molecular flexibility index (Phi) is 8.17. The number of aromatic nitrogens is 4. The van der Waals surface area contributed by atoms with Gasteiger partial charge in [0.15, 0.2) is 5.65 Å². The summed E-state index contributed by atoms with van der Waals surface area (Å²) in [5.41, 5.74) is 6.78. The normalized spacial score (nSPS) is 15.6. The average molecular weight is 569 g/mol. The lowest BCUT2D eigenvalue weighted by Gasteiger charge is -2.26. The van der Waals surface area contributed by atoms with Gasteiger partial charge in [-0.25, -0.2) is 19.0 Å². The highest BCUT2D eigenvalue weighted by atomic mass is 19.1. The predicted molar refractivity (Wildman–Crippen MR) is 158 cm³/mol. The van der Waals surface area contributed by atoms with E-state index in [1.54, 1.807) is 39.9 Å². The number of carbonyl (C=O) groups excluding carboxylic acids is 1. The highest BCUT2D eigenvalue weighted by molar-refractivity contribution is 5.99. The quantitative estimate of drug-likeness (QED) is 0.216. The number of ether oxygens (including phenoxy) is 1. The van der Waals surface area contributed by atoms with Gasteiger partial charge in [0.25, 0.3) is 5.91 Å². The van der Waals surface area contributed by atoms with Crippen LogP contribution in [0.1, 0.15) is 33.6 Å². The van der Waals surface area contributed by atoms with Gasteiger partial charge in [-0.15, -0.1) is 0 Å². The van der Waals surface area contributed by atoms with E-state index in [2.05, 4.69) is 21.4 Å². The van der Waals surface area contributed by atoms with E-state index in [1.807, 2.05) is 39.0 Å². The number of nitriles is 1. The number of para-hydroxylation sites is 1. The molecular weight excluding hydrogens is 535 g/mol. The number of likely N-dealkylation sites (N-methyl/N-ethyl adjacent to an activating group) is 1. The summed E-state index contributed by atoms with van der Waals surface area (Å²) in [7, 11) is 0. The number of rotatable bonds is 9. The van der Waals surface area contributed by atoms with E-state index in [9.17, 15) is 10.1 Å². The van der Waals surface area contributed by atoms with Gasteiger partial charge in [-0.1, -0.05) is 25.1 Å². The van der Waals surface area contributed by atoms with Gasteiger partial charge in [0.1, 0.15) is 46.8 Å². The van der Waals surface area contributed by atoms with Crippen LogP contribution < -0.4 is 15.8 Å². The fourth-order valence-electron chi connectivity index (χ4n) is 5.38. The van der Waals surface area contributed by atoms with Crippen LogP contribution in [0.5, 0.6) is 11.5 Å². The summed E-state index contributed by atoms with van der Waals surface area (Å²) < 4.78 is 22.9. The number of hydrogen-bond acceptors (Lipinski definition) is 8. The molecule has 11 heteroatoms. The fourth-order valence-corrected chi connectivity index (χ4v) is 5.38. The molecule has 0 spiro atoms. The molecule has 3 heterocycles. The van der Waals surface area contributed by atoms with E-state index in [1.165, 1.54) is 12.4 Å². The van der Waals surface area contributed by atoms with Crippen LogP contribution in [0.25, 0.3) is 22.3 Å². The largest absolute Gasteiger partial charge is 0.457 e. The maximum Gasteiger partial charge on any atom is 0.264 e. The van der Waals surface area contributed by atoms with Crippen molar-refractivity contribution in [1.29, 1.82) is 5.26 Å². The van der Waals surface area contributed by atoms with Gasteiger partial charge in [-0.05, 0) is 63.6 Å². The monoisotopic (exact) mass is 568 g/mol. The number of nitrogens with zero attached hydrogens (tertiary/aromatic N) is 6. The highest BCUT2D eigenvalue weighted by Crippen LogP contribution is 2.35. The second kappa shape index (κ2) is 12.0. The fraction of sp³-hybridized carbons (Fsp3) is 0.323. The molecule has 1 saturated heterocycles. The van der Waals surface area contributed by atoms with Crippen molar-refractivity contribution in [3.63, 3.8) is 0 Å². The molecule has 5 rings (SSSR count). The summed E-state index contributed by atoms with van der Waals surface area (Å²) in [6, 6.07) is 15.5. The van der Waals surface area contributed by atoms with Crippen LogP contribution in [-0.2, 0) is 11.3 Å². The zero-order valence-corrected chi connectivity index (χ0v) is 23.8. The van der Waals surface area contributed by atoms with E-state index in [-0.39, 0.29) is 28.9 Å². The Bertz CT molecular complexity index is 1680. The number of halogens is 1. The molecule has 2 aromatic carbocycles. The molecular formula is C31H33FN8O2. The lowest BCUT2D eigenvalue weighted by Crippen LogP contribution is -2.41. The summed E-state index contributed by atoms with van der Waals surface area (Å²) in [6.07, 6.45) is 4.52. The molecule has 3 N–H and O–H groups in total. The molecule has 1 aliphatic heterocycles. The Balaban J connectivity index is 1.45. The third kappa shape index (κ3) is 5.94. The molecule has 1 atom stereocenters. The van der Waals surface area contributed by atoms with Crippen LogP contribution in [0.2, 0.25) is 0 Å². The topological polar surface area (TPSA) is 135 Å². The predicted octanol–water partition coefficient (Wildman–Crippen LogP) is 4.84. The van der Waals surface area contributed by atoms with E-state index >= 15 is 4.39 Å². The molecule has 0 aliphatic carbocycles. The summed E-state index contributed by atoms with van der Waals surface area (Å²) >= 11 is 0. The van der Waals surface area contributed by atoms with Crippen molar-refractivity contribution in [1.82, 2.24) is 30.0 Å². The molecule has 2 aromatic heterocycles. The average Bonchev–Trinajstić information content (AvgIpc) is 3.58. The van der Waals surface area contributed by atoms with Crippen LogP contribution >= 0.6 is 0 Å². The summed E-state index contributed by atoms with van der Waals surface area (Å²) in [4.78, 5) is 23.7. The number of benzene rings is 2. The van der Waals surface area contributed by atoms with Crippen LogP contribution in [0.4, 0.5) is 10.2 Å². The Morgan fingerprint density at radius 3 is 2.74 bits per heavy atom. The first kappa shape index (κ1) is 28.7. The number of nitrogen functional groups attached to an aromatic ring is 1. The molecule has 1 aliphatic rings. The standard InChI is InChI=1S/C31H33FN8O2/c1-4-37-31(2,3)16-20(17-33)30(41)39-14-8-9-21(39)18-40-29-26(28(34)35-19-36-29)27(38-40)24-13-12-23(15-25(24)32)42-22-10-6-5-7-11-22/h5-7,10-13,15-16,19,21,37H,4,8-9,14,18H2,1-3H3,(H2,34,35,36)/b20-16-/t21-/m0/s1. The molecule has 1 fully saturated rings. The van der Waals surface area contributed by atoms with E-state index in [0.717, 1.165) is 12.8 Å². The minimum absolute atomic E-state index is 0.0883. The highest BCUT2D eigenvalue weighted by Gasteiger charge is 2.33. The van der Waals surface area contributed by atoms with Crippen molar-refractivity contribution < 1.29 is 13.9 Å². The lowest BCUT2D eigenvalue weighted by atomic mass is 10.0. The van der Waals surface area contributed by atoms with Gasteiger partial charge < -0.3 is 20.7 Å². The van der Waals surface area contributed by atoms with Crippen molar-refractivity contribution >= 4 is 22.8 Å². The van der Waals surface area contributed by atoms with Crippen molar-refractivity contribution in [3.05, 3.63) is 72.3 Å². The van der Waals surface area contributed by atoms with Crippen molar-refractivity contribution in [3.8, 4) is 28.8 Å². The third-order valence-corrected chi connectivity index (χ3v) is 7.24. The van der Waals surface area contributed by atoms with E-state index in [0.29, 0.717) is 47.9 Å². The van der Waals surface area contributed by atoms with Crippen molar-refractivity contribution in [2.45, 2.75) is 51.7 Å². The molecule has 216 valence electrons. The molecule has 42 heavy (non-hydrogen) atoms. The van der Waals surface area contributed by atoms with Crippen molar-refractivity contribution in [2.75, 3.05) is 18.8 Å². The maximum absolute atomic E-state index is 15.5. The Hall–Kier alpha value is -4.82. The number of nitrogens with two attached hydrogens (primary N) is 1. The number of nitrogens with one attached hydrogen (secondary N) is 1. The maximum atomic E-state index is 15.5. The van der Waals surface area contributed by atoms with Gasteiger partial charge >= 0.3 is 0 Å². The Labute approximate surface area is 243 Å². The number of anilines is 1. The number of carbonyl (C=O) groups is 1. The van der Waals surface area contributed by atoms with Gasteiger partial charge in [-0.2, -0.15) is 10.4 Å². The summed E-state index contributed by atoms with van der Waals surface area (Å²) in [5.74, 6) is 0.242. The molecule has 10 nitrogen and oxygen atoms in total.